The molecule has 0 spiro atoms. The summed E-state index contributed by atoms with van der Waals surface area (Å²) in [5.41, 5.74) is 0. The van der Waals surface area contributed by atoms with E-state index >= 15 is 0 Å². The van der Waals surface area contributed by atoms with Crippen LogP contribution in [-0.2, 0) is 19.6 Å². The molecule has 0 aliphatic rings. The molecule has 0 saturated heterocycles. The average Bonchev–Trinajstić information content (AvgIpc) is 1.83. The molecular formula is C6H12O6S. The first kappa shape index (κ1) is 12.3. The lowest BCUT2D eigenvalue weighted by atomic mass is 10.3. The molecule has 7 heteroatoms. The van der Waals surface area contributed by atoms with Crippen LogP contribution in [0.5, 0.6) is 0 Å². The van der Waals surface area contributed by atoms with Crippen molar-refractivity contribution in [2.24, 2.45) is 0 Å². The van der Waals surface area contributed by atoms with E-state index in [0.717, 1.165) is 6.92 Å². The third-order valence-corrected chi connectivity index (χ3v) is 2.59. The molecular weight excluding hydrogens is 200 g/mol. The van der Waals surface area contributed by atoms with Crippen LogP contribution >= 0.6 is 0 Å². The van der Waals surface area contributed by atoms with Gasteiger partial charge in [0.1, 0.15) is 0 Å². The van der Waals surface area contributed by atoms with Gasteiger partial charge in [0.2, 0.25) is 0 Å². The molecule has 13 heavy (non-hydrogen) atoms. The summed E-state index contributed by atoms with van der Waals surface area (Å²) in [6.45, 7) is 2.44. The Morgan fingerprint density at radius 2 is 2.00 bits per heavy atom. The second-order valence-electron chi connectivity index (χ2n) is 2.63. The lowest BCUT2D eigenvalue weighted by Gasteiger charge is -2.17. The quantitative estimate of drug-likeness (QED) is 0.483. The molecule has 2 N–H and O–H groups in total. The van der Waals surface area contributed by atoms with Crippen LogP contribution in [0.1, 0.15) is 20.3 Å². The second-order valence-corrected chi connectivity index (χ2v) is 4.46. The third kappa shape index (κ3) is 3.71. The minimum atomic E-state index is -4.66. The summed E-state index contributed by atoms with van der Waals surface area (Å²) in [4.78, 5) is 8.26. The molecule has 0 bridgehead atoms. The van der Waals surface area contributed by atoms with Crippen molar-refractivity contribution in [3.8, 4) is 0 Å². The maximum absolute atomic E-state index is 10.7. The molecule has 0 rings (SSSR count). The van der Waals surface area contributed by atoms with Gasteiger partial charge in [-0.25, -0.2) is 0 Å². The van der Waals surface area contributed by atoms with Crippen molar-refractivity contribution >= 4 is 16.1 Å². The standard InChI is InChI=1S/C6H12O6S/c1-3-12-5(7)4-6(2,8)13(9,10)11/h8H,3-4H2,1-2H3,(H,9,10,11). The molecule has 0 saturated carbocycles. The van der Waals surface area contributed by atoms with E-state index < -0.39 is 27.4 Å². The lowest BCUT2D eigenvalue weighted by molar-refractivity contribution is -0.146. The monoisotopic (exact) mass is 212 g/mol. The van der Waals surface area contributed by atoms with Crippen molar-refractivity contribution in [1.82, 2.24) is 0 Å². The molecule has 0 aliphatic carbocycles. The fourth-order valence-corrected chi connectivity index (χ4v) is 0.871. The highest BCUT2D eigenvalue weighted by Crippen LogP contribution is 2.16. The first-order valence-electron chi connectivity index (χ1n) is 3.55. The number of aliphatic hydroxyl groups is 1. The summed E-state index contributed by atoms with van der Waals surface area (Å²) in [7, 11) is -4.66. The largest absolute Gasteiger partial charge is 0.466 e. The first-order chi connectivity index (χ1) is 5.70. The van der Waals surface area contributed by atoms with E-state index in [-0.39, 0.29) is 6.61 Å². The summed E-state index contributed by atoms with van der Waals surface area (Å²) in [5, 5.41) is 9.11. The molecule has 0 heterocycles. The summed E-state index contributed by atoms with van der Waals surface area (Å²) in [5.74, 6) is -0.884. The van der Waals surface area contributed by atoms with Gasteiger partial charge in [0.25, 0.3) is 10.1 Å². The van der Waals surface area contributed by atoms with Crippen molar-refractivity contribution in [2.75, 3.05) is 6.61 Å². The Bertz CT molecular complexity index is 277. The Morgan fingerprint density at radius 3 is 2.31 bits per heavy atom. The van der Waals surface area contributed by atoms with Crippen LogP contribution in [-0.4, -0.2) is 35.6 Å². The van der Waals surface area contributed by atoms with E-state index in [1.54, 1.807) is 6.92 Å². The van der Waals surface area contributed by atoms with Crippen molar-refractivity contribution in [3.05, 3.63) is 0 Å². The highest BCUT2D eigenvalue weighted by molar-refractivity contribution is 7.87. The minimum Gasteiger partial charge on any atom is -0.466 e. The second kappa shape index (κ2) is 4.03. The maximum atomic E-state index is 10.7. The van der Waals surface area contributed by atoms with E-state index in [1.165, 1.54) is 0 Å². The third-order valence-electron chi connectivity index (χ3n) is 1.33. The van der Waals surface area contributed by atoms with Crippen LogP contribution in [0, 0.1) is 0 Å². The molecule has 1 atom stereocenters. The predicted molar refractivity (Wildman–Crippen MR) is 43.4 cm³/mol. The minimum absolute atomic E-state index is 0.0837. The molecule has 0 amide bonds. The van der Waals surface area contributed by atoms with Gasteiger partial charge in [-0.3, -0.25) is 9.35 Å². The van der Waals surface area contributed by atoms with Crippen LogP contribution in [0.4, 0.5) is 0 Å². The number of hydrogen-bond donors (Lipinski definition) is 2. The molecule has 0 radical (unpaired) electrons. The molecule has 78 valence electrons. The maximum Gasteiger partial charge on any atom is 0.309 e. The zero-order valence-corrected chi connectivity index (χ0v) is 8.17. The molecule has 1 unspecified atom stereocenters. The van der Waals surface area contributed by atoms with Gasteiger partial charge in [0.05, 0.1) is 13.0 Å². The van der Waals surface area contributed by atoms with Crippen LogP contribution < -0.4 is 0 Å². The molecule has 0 aliphatic heterocycles. The Morgan fingerprint density at radius 1 is 1.54 bits per heavy atom. The molecule has 0 fully saturated rings. The van der Waals surface area contributed by atoms with Gasteiger partial charge in [-0.1, -0.05) is 0 Å². The Kier molecular flexibility index (Phi) is 3.83. The lowest BCUT2D eigenvalue weighted by Crippen LogP contribution is -2.37. The molecule has 0 aromatic rings. The smallest absolute Gasteiger partial charge is 0.309 e. The average molecular weight is 212 g/mol. The van der Waals surface area contributed by atoms with E-state index in [9.17, 15) is 13.2 Å². The van der Waals surface area contributed by atoms with Crippen molar-refractivity contribution < 1.29 is 27.6 Å². The van der Waals surface area contributed by atoms with Crippen LogP contribution in [0.3, 0.4) is 0 Å². The van der Waals surface area contributed by atoms with Gasteiger partial charge < -0.3 is 9.84 Å². The topological polar surface area (TPSA) is 101 Å². The highest BCUT2D eigenvalue weighted by atomic mass is 32.2. The van der Waals surface area contributed by atoms with Gasteiger partial charge in [0, 0.05) is 0 Å². The summed E-state index contributed by atoms with van der Waals surface area (Å²) in [6, 6.07) is 0. The van der Waals surface area contributed by atoms with Crippen LogP contribution in [0.2, 0.25) is 0 Å². The van der Waals surface area contributed by atoms with Gasteiger partial charge in [-0.05, 0) is 13.8 Å². The summed E-state index contributed by atoms with van der Waals surface area (Å²) in [6.07, 6.45) is -0.792. The SMILES string of the molecule is CCOC(=O)CC(C)(O)S(=O)(=O)O. The van der Waals surface area contributed by atoms with Crippen molar-refractivity contribution in [2.45, 2.75) is 25.2 Å². The zero-order valence-electron chi connectivity index (χ0n) is 7.35. The Labute approximate surface area is 76.3 Å². The fourth-order valence-electron chi connectivity index (χ4n) is 0.571. The summed E-state index contributed by atoms with van der Waals surface area (Å²) >= 11 is 0. The van der Waals surface area contributed by atoms with Crippen molar-refractivity contribution in [1.29, 1.82) is 0 Å². The van der Waals surface area contributed by atoms with Crippen molar-refractivity contribution in [3.63, 3.8) is 0 Å². The van der Waals surface area contributed by atoms with E-state index in [0.29, 0.717) is 0 Å². The highest BCUT2D eigenvalue weighted by Gasteiger charge is 2.38. The number of hydrogen-bond acceptors (Lipinski definition) is 5. The predicted octanol–water partition coefficient (Wildman–Crippen LogP) is -0.464. The van der Waals surface area contributed by atoms with Crippen LogP contribution in [0.25, 0.3) is 0 Å². The number of ether oxygens (including phenoxy) is 1. The Balaban J connectivity index is 4.44. The van der Waals surface area contributed by atoms with E-state index in [1.807, 2.05) is 0 Å². The van der Waals surface area contributed by atoms with E-state index in [4.69, 9.17) is 9.66 Å². The van der Waals surface area contributed by atoms with Gasteiger partial charge in [0.15, 0.2) is 4.93 Å². The Hall–Kier alpha value is -0.660. The fraction of sp³-hybridized carbons (Fsp3) is 0.833. The number of carbonyl (C=O) groups excluding carboxylic acids is 1. The normalized spacial score (nSPS) is 16.3. The molecule has 0 aromatic carbocycles. The van der Waals surface area contributed by atoms with Gasteiger partial charge in [-0.2, -0.15) is 8.42 Å². The summed E-state index contributed by atoms with van der Waals surface area (Å²) < 4.78 is 33.9. The number of carbonyl (C=O) groups is 1. The van der Waals surface area contributed by atoms with Gasteiger partial charge in [-0.15, -0.1) is 0 Å². The zero-order chi connectivity index (χ0) is 10.7. The van der Waals surface area contributed by atoms with Gasteiger partial charge >= 0.3 is 5.97 Å². The first-order valence-corrected chi connectivity index (χ1v) is 4.99. The molecule has 0 aromatic heterocycles. The number of esters is 1. The van der Waals surface area contributed by atoms with Crippen LogP contribution in [0.15, 0.2) is 0 Å². The number of rotatable bonds is 4. The van der Waals surface area contributed by atoms with E-state index in [2.05, 4.69) is 4.74 Å². The molecule has 6 nitrogen and oxygen atoms in total.